The van der Waals surface area contributed by atoms with E-state index in [4.69, 9.17) is 19.1 Å². The van der Waals surface area contributed by atoms with Crippen LogP contribution in [0, 0.1) is 19.8 Å². The maximum Gasteiger partial charge on any atom is 0.308 e. The number of carbonyl (C=O) groups excluding carboxylic acids is 1. The summed E-state index contributed by atoms with van der Waals surface area (Å²) in [4.78, 5) is 25.3. The average molecular weight is 374 g/mol. The standard InChI is InChI=1S/C19H22N2O6/c1-11-15(12(2)27-20-11)10-26-16-5-4-13(8-17(16)25-3)18(22)21-7-6-14(9-21)19(23)24/h4-5,8,14H,6-7,9-10H2,1-3H3,(H,23,24)/t14-/m1/s1. The summed E-state index contributed by atoms with van der Waals surface area (Å²) in [6, 6.07) is 4.94. The van der Waals surface area contributed by atoms with Gasteiger partial charge in [-0.2, -0.15) is 0 Å². The lowest BCUT2D eigenvalue weighted by Gasteiger charge is -2.17. The number of aliphatic carboxylic acids is 1. The molecule has 0 unspecified atom stereocenters. The minimum Gasteiger partial charge on any atom is -0.493 e. The number of likely N-dealkylation sites (tertiary alicyclic amines) is 1. The number of carboxylic acid groups (broad SMARTS) is 1. The summed E-state index contributed by atoms with van der Waals surface area (Å²) in [5.41, 5.74) is 2.07. The number of benzene rings is 1. The number of amides is 1. The van der Waals surface area contributed by atoms with Crippen LogP contribution in [0.25, 0.3) is 0 Å². The highest BCUT2D eigenvalue weighted by molar-refractivity contribution is 5.95. The van der Waals surface area contributed by atoms with Crippen molar-refractivity contribution in [3.05, 3.63) is 40.8 Å². The van der Waals surface area contributed by atoms with Crippen molar-refractivity contribution in [1.29, 1.82) is 0 Å². The van der Waals surface area contributed by atoms with Crippen molar-refractivity contribution in [1.82, 2.24) is 10.1 Å². The fourth-order valence-corrected chi connectivity index (χ4v) is 3.11. The van der Waals surface area contributed by atoms with Crippen molar-refractivity contribution < 1.29 is 28.7 Å². The Morgan fingerprint density at radius 2 is 2.11 bits per heavy atom. The molecule has 144 valence electrons. The predicted octanol–water partition coefficient (Wildman–Crippen LogP) is 2.43. The van der Waals surface area contributed by atoms with Gasteiger partial charge in [0.05, 0.1) is 24.3 Å². The molecule has 1 aromatic heterocycles. The maximum atomic E-state index is 12.6. The minimum absolute atomic E-state index is 0.214. The number of aryl methyl sites for hydroxylation is 2. The van der Waals surface area contributed by atoms with Gasteiger partial charge in [-0.1, -0.05) is 5.16 Å². The van der Waals surface area contributed by atoms with Crippen LogP contribution >= 0.6 is 0 Å². The summed E-state index contributed by atoms with van der Waals surface area (Å²) in [6.45, 7) is 4.59. The smallest absolute Gasteiger partial charge is 0.308 e. The number of hydrogen-bond acceptors (Lipinski definition) is 6. The van der Waals surface area contributed by atoms with Crippen molar-refractivity contribution >= 4 is 11.9 Å². The monoisotopic (exact) mass is 374 g/mol. The van der Waals surface area contributed by atoms with Crippen molar-refractivity contribution in [2.75, 3.05) is 20.2 Å². The van der Waals surface area contributed by atoms with Gasteiger partial charge in [0.25, 0.3) is 5.91 Å². The molecule has 2 aromatic rings. The molecule has 0 bridgehead atoms. The number of nitrogens with zero attached hydrogens (tertiary/aromatic N) is 2. The lowest BCUT2D eigenvalue weighted by atomic mass is 10.1. The molecule has 1 aliphatic rings. The number of carboxylic acids is 1. The van der Waals surface area contributed by atoms with Crippen LogP contribution in [0.4, 0.5) is 0 Å². The third-order valence-corrected chi connectivity index (χ3v) is 4.79. The van der Waals surface area contributed by atoms with Crippen LogP contribution in [0.1, 0.15) is 33.8 Å². The van der Waals surface area contributed by atoms with E-state index < -0.39 is 11.9 Å². The lowest BCUT2D eigenvalue weighted by Crippen LogP contribution is -2.29. The molecule has 3 rings (SSSR count). The number of ether oxygens (including phenoxy) is 2. The molecular weight excluding hydrogens is 352 g/mol. The Morgan fingerprint density at radius 1 is 1.33 bits per heavy atom. The SMILES string of the molecule is COc1cc(C(=O)N2CC[C@@H](C(=O)O)C2)ccc1OCc1c(C)noc1C. The van der Waals surface area contributed by atoms with E-state index in [1.807, 2.05) is 13.8 Å². The lowest BCUT2D eigenvalue weighted by molar-refractivity contribution is -0.141. The Hall–Kier alpha value is -3.03. The van der Waals surface area contributed by atoms with E-state index in [2.05, 4.69) is 5.16 Å². The fraction of sp³-hybridized carbons (Fsp3) is 0.421. The van der Waals surface area contributed by atoms with Crippen molar-refractivity contribution in [2.24, 2.45) is 5.92 Å². The van der Waals surface area contributed by atoms with Crippen LogP contribution in [0.2, 0.25) is 0 Å². The van der Waals surface area contributed by atoms with Gasteiger partial charge in [0.15, 0.2) is 11.5 Å². The molecule has 1 amide bonds. The largest absolute Gasteiger partial charge is 0.493 e. The Balaban J connectivity index is 1.72. The van der Waals surface area contributed by atoms with Crippen molar-refractivity contribution in [3.8, 4) is 11.5 Å². The predicted molar refractivity (Wildman–Crippen MR) is 94.9 cm³/mol. The molecule has 0 saturated carbocycles. The first-order valence-corrected chi connectivity index (χ1v) is 8.65. The summed E-state index contributed by atoms with van der Waals surface area (Å²) < 4.78 is 16.3. The third kappa shape index (κ3) is 3.89. The normalized spacial score (nSPS) is 16.4. The van der Waals surface area contributed by atoms with Crippen LogP contribution < -0.4 is 9.47 Å². The highest BCUT2D eigenvalue weighted by Crippen LogP contribution is 2.30. The van der Waals surface area contributed by atoms with E-state index in [0.29, 0.717) is 35.8 Å². The van der Waals surface area contributed by atoms with Gasteiger partial charge in [-0.3, -0.25) is 9.59 Å². The molecule has 27 heavy (non-hydrogen) atoms. The summed E-state index contributed by atoms with van der Waals surface area (Å²) in [6.07, 6.45) is 0.469. The highest BCUT2D eigenvalue weighted by Gasteiger charge is 2.31. The first-order valence-electron chi connectivity index (χ1n) is 8.65. The molecule has 1 fully saturated rings. The number of methoxy groups -OCH3 is 1. The van der Waals surface area contributed by atoms with Crippen LogP contribution in [-0.2, 0) is 11.4 Å². The van der Waals surface area contributed by atoms with E-state index in [0.717, 1.165) is 11.3 Å². The average Bonchev–Trinajstić information content (AvgIpc) is 3.27. The molecular formula is C19H22N2O6. The second kappa shape index (κ2) is 7.69. The quantitative estimate of drug-likeness (QED) is 0.828. The summed E-state index contributed by atoms with van der Waals surface area (Å²) in [5, 5.41) is 13.0. The molecule has 1 aromatic carbocycles. The van der Waals surface area contributed by atoms with Gasteiger partial charge in [-0.05, 0) is 38.5 Å². The zero-order valence-electron chi connectivity index (χ0n) is 15.5. The Kier molecular flexibility index (Phi) is 5.34. The first kappa shape index (κ1) is 18.8. The minimum atomic E-state index is -0.869. The van der Waals surface area contributed by atoms with Gasteiger partial charge in [0.2, 0.25) is 0 Å². The second-order valence-electron chi connectivity index (χ2n) is 6.53. The molecule has 1 atom stereocenters. The van der Waals surface area contributed by atoms with E-state index in [9.17, 15) is 9.59 Å². The molecule has 1 N–H and O–H groups in total. The number of rotatable bonds is 6. The summed E-state index contributed by atoms with van der Waals surface area (Å²) in [7, 11) is 1.50. The van der Waals surface area contributed by atoms with Gasteiger partial charge >= 0.3 is 5.97 Å². The van der Waals surface area contributed by atoms with Gasteiger partial charge in [0.1, 0.15) is 12.4 Å². The number of aromatic nitrogens is 1. The molecule has 8 nitrogen and oxygen atoms in total. The molecule has 1 aliphatic heterocycles. The van der Waals surface area contributed by atoms with Gasteiger partial charge in [-0.25, -0.2) is 0 Å². The first-order chi connectivity index (χ1) is 12.9. The highest BCUT2D eigenvalue weighted by atomic mass is 16.5. The van der Waals surface area contributed by atoms with Crippen LogP contribution in [0.15, 0.2) is 22.7 Å². The Labute approximate surface area is 156 Å². The van der Waals surface area contributed by atoms with Crippen LogP contribution in [0.3, 0.4) is 0 Å². The molecule has 0 radical (unpaired) electrons. The number of carbonyl (C=O) groups is 2. The Morgan fingerprint density at radius 3 is 2.70 bits per heavy atom. The maximum absolute atomic E-state index is 12.6. The van der Waals surface area contributed by atoms with Gasteiger partial charge in [-0.15, -0.1) is 0 Å². The molecule has 2 heterocycles. The third-order valence-electron chi connectivity index (χ3n) is 4.79. The van der Waals surface area contributed by atoms with Gasteiger partial charge < -0.3 is 24.0 Å². The topological polar surface area (TPSA) is 102 Å². The van der Waals surface area contributed by atoms with Crippen LogP contribution in [0.5, 0.6) is 11.5 Å². The Bertz CT molecular complexity index is 840. The molecule has 0 aliphatic carbocycles. The molecule has 1 saturated heterocycles. The molecule has 8 heteroatoms. The van der Waals surface area contributed by atoms with E-state index in [1.54, 1.807) is 23.1 Å². The van der Waals surface area contributed by atoms with Crippen LogP contribution in [-0.4, -0.2) is 47.2 Å². The van der Waals surface area contributed by atoms with E-state index in [1.165, 1.54) is 7.11 Å². The number of hydrogen-bond donors (Lipinski definition) is 1. The van der Waals surface area contributed by atoms with E-state index in [-0.39, 0.29) is 19.1 Å². The van der Waals surface area contributed by atoms with Crippen molar-refractivity contribution in [2.45, 2.75) is 26.9 Å². The van der Waals surface area contributed by atoms with Crippen molar-refractivity contribution in [3.63, 3.8) is 0 Å². The summed E-state index contributed by atoms with van der Waals surface area (Å²) >= 11 is 0. The second-order valence-corrected chi connectivity index (χ2v) is 6.53. The van der Waals surface area contributed by atoms with Gasteiger partial charge in [0, 0.05) is 18.7 Å². The summed E-state index contributed by atoms with van der Waals surface area (Å²) in [5.74, 6) is 0.0366. The zero-order chi connectivity index (χ0) is 19.6. The van der Waals surface area contributed by atoms with E-state index >= 15 is 0 Å². The fourth-order valence-electron chi connectivity index (χ4n) is 3.11. The molecule has 0 spiro atoms. The zero-order valence-corrected chi connectivity index (χ0v) is 15.5.